The van der Waals surface area contributed by atoms with E-state index in [4.69, 9.17) is 4.42 Å². The fourth-order valence-electron chi connectivity index (χ4n) is 2.41. The maximum atomic E-state index is 9.33. The van der Waals surface area contributed by atoms with Gasteiger partial charge in [0.25, 0.3) is 0 Å². The minimum atomic E-state index is 0.104. The Hall–Kier alpha value is -1.96. The Morgan fingerprint density at radius 3 is 2.91 bits per heavy atom. The molecule has 6 nitrogen and oxygen atoms in total. The van der Waals surface area contributed by atoms with Crippen LogP contribution in [-0.2, 0) is 20.1 Å². The summed E-state index contributed by atoms with van der Waals surface area (Å²) in [5.41, 5.74) is 2.00. The molecule has 0 aromatic carbocycles. The van der Waals surface area contributed by atoms with Crippen molar-refractivity contribution in [3.05, 3.63) is 47.2 Å². The molecule has 0 bridgehead atoms. The predicted molar refractivity (Wildman–Crippen MR) is 89.0 cm³/mol. The zero-order valence-electron chi connectivity index (χ0n) is 13.3. The van der Waals surface area contributed by atoms with Crippen molar-refractivity contribution < 1.29 is 9.52 Å². The first-order valence-electron chi connectivity index (χ1n) is 7.46. The van der Waals surface area contributed by atoms with Gasteiger partial charge in [0.1, 0.15) is 5.76 Å². The number of oxazole rings is 1. The first-order valence-corrected chi connectivity index (χ1v) is 8.34. The lowest BCUT2D eigenvalue weighted by molar-refractivity contribution is 0.180. The van der Waals surface area contributed by atoms with Crippen LogP contribution in [0.1, 0.15) is 17.1 Å². The Morgan fingerprint density at radius 2 is 2.26 bits per heavy atom. The van der Waals surface area contributed by atoms with Crippen molar-refractivity contribution in [1.82, 2.24) is 19.4 Å². The molecule has 3 aromatic heterocycles. The lowest BCUT2D eigenvalue weighted by atomic mass is 10.3. The molecule has 1 N–H and O–H groups in total. The van der Waals surface area contributed by atoms with Crippen LogP contribution in [0, 0.1) is 6.92 Å². The average molecular weight is 332 g/mol. The van der Waals surface area contributed by atoms with Crippen molar-refractivity contribution in [2.45, 2.75) is 20.0 Å². The molecule has 0 amide bonds. The van der Waals surface area contributed by atoms with E-state index >= 15 is 0 Å². The Bertz CT molecular complexity index is 748. The molecule has 0 unspecified atom stereocenters. The monoisotopic (exact) mass is 332 g/mol. The van der Waals surface area contributed by atoms with E-state index in [1.54, 1.807) is 17.7 Å². The number of rotatable bonds is 7. The van der Waals surface area contributed by atoms with Gasteiger partial charge in [0.05, 0.1) is 29.2 Å². The topological polar surface area (TPSA) is 67.3 Å². The summed E-state index contributed by atoms with van der Waals surface area (Å²) in [7, 11) is 1.97. The van der Waals surface area contributed by atoms with Gasteiger partial charge in [-0.15, -0.1) is 11.3 Å². The van der Waals surface area contributed by atoms with Crippen LogP contribution in [0.5, 0.6) is 0 Å². The van der Waals surface area contributed by atoms with E-state index in [0.29, 0.717) is 25.5 Å². The van der Waals surface area contributed by atoms with Gasteiger partial charge >= 0.3 is 0 Å². The molecular weight excluding hydrogens is 312 g/mol. The van der Waals surface area contributed by atoms with Gasteiger partial charge in [-0.25, -0.2) is 9.97 Å². The molecule has 23 heavy (non-hydrogen) atoms. The third-order valence-corrected chi connectivity index (χ3v) is 4.57. The second-order valence-electron chi connectivity index (χ2n) is 5.43. The van der Waals surface area contributed by atoms with E-state index in [9.17, 15) is 5.11 Å². The van der Waals surface area contributed by atoms with Gasteiger partial charge in [0.15, 0.2) is 0 Å². The fourth-order valence-corrected chi connectivity index (χ4v) is 3.06. The second-order valence-corrected chi connectivity index (χ2v) is 6.38. The summed E-state index contributed by atoms with van der Waals surface area (Å²) >= 11 is 1.61. The van der Waals surface area contributed by atoms with Crippen LogP contribution < -0.4 is 0 Å². The van der Waals surface area contributed by atoms with Gasteiger partial charge in [0.2, 0.25) is 5.89 Å². The Kier molecular flexibility index (Phi) is 4.90. The van der Waals surface area contributed by atoms with Crippen molar-refractivity contribution >= 4 is 11.3 Å². The largest absolute Gasteiger partial charge is 0.440 e. The lowest BCUT2D eigenvalue weighted by Gasteiger charge is -2.20. The average Bonchev–Trinajstić information content (AvgIpc) is 3.23. The number of aryl methyl sites for hydroxylation is 2. The molecule has 0 spiro atoms. The number of thiophene rings is 1. The summed E-state index contributed by atoms with van der Waals surface area (Å²) in [4.78, 5) is 11.9. The molecule has 0 saturated carbocycles. The predicted octanol–water partition coefficient (Wildman–Crippen LogP) is 2.44. The maximum Gasteiger partial charge on any atom is 0.236 e. The van der Waals surface area contributed by atoms with Gasteiger partial charge in [0, 0.05) is 32.9 Å². The highest BCUT2D eigenvalue weighted by Gasteiger charge is 2.16. The highest BCUT2D eigenvalue weighted by molar-refractivity contribution is 7.13. The maximum absolute atomic E-state index is 9.33. The minimum absolute atomic E-state index is 0.104. The Balaban J connectivity index is 1.76. The molecule has 3 heterocycles. The van der Waals surface area contributed by atoms with Crippen LogP contribution >= 0.6 is 11.3 Å². The number of aliphatic hydroxyl groups is 1. The summed E-state index contributed by atoms with van der Waals surface area (Å²) < 4.78 is 7.77. The van der Waals surface area contributed by atoms with E-state index in [-0.39, 0.29) is 6.61 Å². The molecule has 7 heteroatoms. The third-order valence-electron chi connectivity index (χ3n) is 3.72. The zero-order valence-corrected chi connectivity index (χ0v) is 14.1. The Labute approximate surface area is 139 Å². The molecule has 0 radical (unpaired) electrons. The van der Waals surface area contributed by atoms with E-state index < -0.39 is 0 Å². The highest BCUT2D eigenvalue weighted by atomic mass is 32.1. The molecule has 0 saturated heterocycles. The van der Waals surface area contributed by atoms with Crippen LogP contribution in [0.4, 0.5) is 0 Å². The summed E-state index contributed by atoms with van der Waals surface area (Å²) in [6, 6.07) is 3.99. The SMILES string of the molecule is Cc1oc(-c2cccs2)nc1CN(CCO)Cc1cncn1C. The summed E-state index contributed by atoms with van der Waals surface area (Å²) in [6.07, 6.45) is 3.62. The van der Waals surface area contributed by atoms with E-state index in [1.165, 1.54) is 0 Å². The summed E-state index contributed by atoms with van der Waals surface area (Å²) in [6.45, 7) is 3.95. The molecule has 0 atom stereocenters. The fraction of sp³-hybridized carbons (Fsp3) is 0.375. The van der Waals surface area contributed by atoms with Crippen LogP contribution in [0.2, 0.25) is 0 Å². The first-order chi connectivity index (χ1) is 11.2. The third kappa shape index (κ3) is 3.69. The van der Waals surface area contributed by atoms with Crippen molar-refractivity contribution in [2.24, 2.45) is 7.05 Å². The Morgan fingerprint density at radius 1 is 1.39 bits per heavy atom. The van der Waals surface area contributed by atoms with Crippen molar-refractivity contribution in [3.63, 3.8) is 0 Å². The van der Waals surface area contributed by atoms with E-state index in [1.807, 2.05) is 42.2 Å². The number of aromatic nitrogens is 3. The molecule has 0 aliphatic heterocycles. The number of hydrogen-bond donors (Lipinski definition) is 1. The summed E-state index contributed by atoms with van der Waals surface area (Å²) in [5, 5.41) is 11.3. The molecular formula is C16H20N4O2S. The number of imidazole rings is 1. The molecule has 0 aliphatic rings. The smallest absolute Gasteiger partial charge is 0.236 e. The molecule has 3 rings (SSSR count). The quantitative estimate of drug-likeness (QED) is 0.720. The van der Waals surface area contributed by atoms with Crippen molar-refractivity contribution in [2.75, 3.05) is 13.2 Å². The second kappa shape index (κ2) is 7.08. The highest BCUT2D eigenvalue weighted by Crippen LogP contribution is 2.26. The van der Waals surface area contributed by atoms with Crippen LogP contribution in [0.15, 0.2) is 34.5 Å². The number of nitrogens with zero attached hydrogens (tertiary/aromatic N) is 4. The lowest BCUT2D eigenvalue weighted by Crippen LogP contribution is -2.27. The van der Waals surface area contributed by atoms with Gasteiger partial charge in [-0.3, -0.25) is 4.90 Å². The molecule has 0 fully saturated rings. The van der Waals surface area contributed by atoms with E-state index in [0.717, 1.165) is 22.0 Å². The normalized spacial score (nSPS) is 11.5. The molecule has 122 valence electrons. The first kappa shape index (κ1) is 15.9. The number of aliphatic hydroxyl groups excluding tert-OH is 1. The number of hydrogen-bond acceptors (Lipinski definition) is 6. The zero-order chi connectivity index (χ0) is 16.2. The van der Waals surface area contributed by atoms with Crippen LogP contribution in [0.25, 0.3) is 10.8 Å². The van der Waals surface area contributed by atoms with Gasteiger partial charge in [-0.05, 0) is 18.4 Å². The standard InChI is InChI=1S/C16H20N4O2S/c1-12-14(18-16(22-12)15-4-3-7-23-15)10-20(5-6-21)9-13-8-17-11-19(13)2/h3-4,7-8,11,21H,5-6,9-10H2,1-2H3. The summed E-state index contributed by atoms with van der Waals surface area (Å²) in [5.74, 6) is 1.48. The molecule has 3 aromatic rings. The van der Waals surface area contributed by atoms with Gasteiger partial charge < -0.3 is 14.1 Å². The minimum Gasteiger partial charge on any atom is -0.440 e. The van der Waals surface area contributed by atoms with Gasteiger partial charge in [-0.2, -0.15) is 0 Å². The molecule has 0 aliphatic carbocycles. The van der Waals surface area contributed by atoms with Crippen molar-refractivity contribution in [3.8, 4) is 10.8 Å². The van der Waals surface area contributed by atoms with Gasteiger partial charge in [-0.1, -0.05) is 6.07 Å². The van der Waals surface area contributed by atoms with Crippen molar-refractivity contribution in [1.29, 1.82) is 0 Å². The van der Waals surface area contributed by atoms with E-state index in [2.05, 4.69) is 14.9 Å². The van der Waals surface area contributed by atoms with Crippen LogP contribution in [-0.4, -0.2) is 37.7 Å². The van der Waals surface area contributed by atoms with Crippen LogP contribution in [0.3, 0.4) is 0 Å².